The number of nitrogens with zero attached hydrogens (tertiary/aromatic N) is 1. The van der Waals surface area contributed by atoms with E-state index >= 15 is 0 Å². The van der Waals surface area contributed by atoms with Crippen molar-refractivity contribution in [2.45, 2.75) is 38.5 Å². The lowest BCUT2D eigenvalue weighted by Crippen LogP contribution is -2.30. The van der Waals surface area contributed by atoms with E-state index in [0.29, 0.717) is 0 Å². The summed E-state index contributed by atoms with van der Waals surface area (Å²) in [6, 6.07) is 8.35. The summed E-state index contributed by atoms with van der Waals surface area (Å²) in [7, 11) is 0. The smallest absolute Gasteiger partial charge is 0.306 e. The zero-order valence-electron chi connectivity index (χ0n) is 12.1. The van der Waals surface area contributed by atoms with Crippen LogP contribution in [0.3, 0.4) is 0 Å². The Kier molecular flexibility index (Phi) is 3.68. The average Bonchev–Trinajstić information content (AvgIpc) is 3.07. The van der Waals surface area contributed by atoms with Crippen LogP contribution in [0.25, 0.3) is 0 Å². The van der Waals surface area contributed by atoms with E-state index < -0.39 is 5.97 Å². The summed E-state index contributed by atoms with van der Waals surface area (Å²) < 4.78 is 0. The molecule has 1 saturated carbocycles. The second-order valence-electron chi connectivity index (χ2n) is 6.35. The number of hydrogen-bond acceptors (Lipinski definition) is 2. The number of carbonyl (C=O) groups is 1. The molecule has 3 rings (SSSR count). The Bertz CT molecular complexity index is 494. The third kappa shape index (κ3) is 2.41. The van der Waals surface area contributed by atoms with Gasteiger partial charge in [0.25, 0.3) is 0 Å². The van der Waals surface area contributed by atoms with Gasteiger partial charge in [-0.15, -0.1) is 0 Å². The highest BCUT2D eigenvalue weighted by molar-refractivity contribution is 5.73. The maximum Gasteiger partial charge on any atom is 0.306 e. The summed E-state index contributed by atoms with van der Waals surface area (Å²) in [5.41, 5.74) is 2.48. The van der Waals surface area contributed by atoms with Gasteiger partial charge in [-0.1, -0.05) is 38.0 Å². The fourth-order valence-corrected chi connectivity index (χ4v) is 3.80. The van der Waals surface area contributed by atoms with Gasteiger partial charge >= 0.3 is 5.97 Å². The van der Waals surface area contributed by atoms with Crippen molar-refractivity contribution >= 4 is 11.7 Å². The van der Waals surface area contributed by atoms with Gasteiger partial charge in [-0.2, -0.15) is 0 Å². The summed E-state index contributed by atoms with van der Waals surface area (Å²) in [5, 5.41) is 9.32. The third-order valence-electron chi connectivity index (χ3n) is 5.04. The topological polar surface area (TPSA) is 40.5 Å². The molecule has 1 aliphatic heterocycles. The molecule has 20 heavy (non-hydrogen) atoms. The number of anilines is 1. The van der Waals surface area contributed by atoms with Crippen LogP contribution in [0.4, 0.5) is 5.69 Å². The standard InChI is InChI=1S/C17H23NO2/c1-12(17(19)20)15-11-18(10-13-6-2-3-7-13)16-9-5-4-8-14(15)16/h4-5,8-9,12-13,15H,2-3,6-7,10-11H2,1H3,(H,19,20). The molecule has 1 aromatic rings. The molecule has 0 aromatic heterocycles. The first kappa shape index (κ1) is 13.5. The molecular weight excluding hydrogens is 250 g/mol. The molecule has 0 spiro atoms. The molecule has 1 N–H and O–H groups in total. The van der Waals surface area contributed by atoms with E-state index in [1.165, 1.54) is 36.9 Å². The number of benzene rings is 1. The molecule has 0 radical (unpaired) electrons. The summed E-state index contributed by atoms with van der Waals surface area (Å²) in [6.07, 6.45) is 5.37. The molecule has 3 heteroatoms. The van der Waals surface area contributed by atoms with Crippen LogP contribution >= 0.6 is 0 Å². The minimum atomic E-state index is -0.687. The minimum absolute atomic E-state index is 0.130. The molecule has 0 bridgehead atoms. The first-order chi connectivity index (χ1) is 9.66. The number of rotatable bonds is 4. The zero-order chi connectivity index (χ0) is 14.1. The van der Waals surface area contributed by atoms with Gasteiger partial charge in [0.2, 0.25) is 0 Å². The maximum absolute atomic E-state index is 11.3. The second kappa shape index (κ2) is 5.47. The molecule has 2 aliphatic rings. The number of aliphatic carboxylic acids is 1. The predicted octanol–water partition coefficient (Wildman–Crippen LogP) is 3.50. The predicted molar refractivity (Wildman–Crippen MR) is 80.2 cm³/mol. The molecule has 0 saturated heterocycles. The van der Waals surface area contributed by atoms with Crippen LogP contribution in [0, 0.1) is 11.8 Å². The quantitative estimate of drug-likeness (QED) is 0.912. The Morgan fingerprint density at radius 3 is 2.75 bits per heavy atom. The fraction of sp³-hybridized carbons (Fsp3) is 0.588. The second-order valence-corrected chi connectivity index (χ2v) is 6.35. The van der Waals surface area contributed by atoms with E-state index in [-0.39, 0.29) is 11.8 Å². The van der Waals surface area contributed by atoms with Crippen LogP contribution in [0.1, 0.15) is 44.1 Å². The molecule has 1 fully saturated rings. The maximum atomic E-state index is 11.3. The molecule has 1 aliphatic carbocycles. The summed E-state index contributed by atoms with van der Waals surface area (Å²) in [6.45, 7) is 3.80. The first-order valence-corrected chi connectivity index (χ1v) is 7.73. The van der Waals surface area contributed by atoms with Gasteiger partial charge < -0.3 is 10.0 Å². The van der Waals surface area contributed by atoms with E-state index in [9.17, 15) is 9.90 Å². The lowest BCUT2D eigenvalue weighted by Gasteiger charge is -2.24. The molecule has 108 valence electrons. The number of para-hydroxylation sites is 1. The van der Waals surface area contributed by atoms with Crippen molar-refractivity contribution in [1.29, 1.82) is 0 Å². The molecule has 0 amide bonds. The Morgan fingerprint density at radius 2 is 2.05 bits per heavy atom. The SMILES string of the molecule is CC(C(=O)O)C1CN(CC2CCCC2)c2ccccc21. The van der Waals surface area contributed by atoms with Gasteiger partial charge in [0, 0.05) is 24.7 Å². The highest BCUT2D eigenvalue weighted by Gasteiger charge is 2.35. The first-order valence-electron chi connectivity index (χ1n) is 7.73. The highest BCUT2D eigenvalue weighted by Crippen LogP contribution is 2.41. The largest absolute Gasteiger partial charge is 0.481 e. The van der Waals surface area contributed by atoms with Crippen molar-refractivity contribution in [1.82, 2.24) is 0 Å². The number of hydrogen-bond donors (Lipinski definition) is 1. The number of carboxylic acid groups (broad SMARTS) is 1. The Balaban J connectivity index is 1.82. The summed E-state index contributed by atoms with van der Waals surface area (Å²) in [5.74, 6) is -0.0794. The van der Waals surface area contributed by atoms with Crippen LogP contribution in [0.2, 0.25) is 0 Å². The van der Waals surface area contributed by atoms with Crippen molar-refractivity contribution in [2.75, 3.05) is 18.0 Å². The molecule has 2 atom stereocenters. The van der Waals surface area contributed by atoms with E-state index in [1.54, 1.807) is 0 Å². The number of carboxylic acids is 1. The normalized spacial score (nSPS) is 23.9. The summed E-state index contributed by atoms with van der Waals surface area (Å²) in [4.78, 5) is 13.8. The molecule has 1 aromatic carbocycles. The lowest BCUT2D eigenvalue weighted by molar-refractivity contribution is -0.141. The van der Waals surface area contributed by atoms with E-state index in [4.69, 9.17) is 0 Å². The van der Waals surface area contributed by atoms with Gasteiger partial charge in [-0.3, -0.25) is 4.79 Å². The van der Waals surface area contributed by atoms with Crippen molar-refractivity contribution in [2.24, 2.45) is 11.8 Å². The van der Waals surface area contributed by atoms with Crippen LogP contribution in [-0.2, 0) is 4.79 Å². The van der Waals surface area contributed by atoms with E-state index in [0.717, 1.165) is 19.0 Å². The van der Waals surface area contributed by atoms with Crippen LogP contribution in [0.15, 0.2) is 24.3 Å². The van der Waals surface area contributed by atoms with Gasteiger partial charge in [-0.25, -0.2) is 0 Å². The average molecular weight is 273 g/mol. The van der Waals surface area contributed by atoms with Crippen molar-refractivity contribution in [3.8, 4) is 0 Å². The van der Waals surface area contributed by atoms with Crippen LogP contribution in [-0.4, -0.2) is 24.2 Å². The highest BCUT2D eigenvalue weighted by atomic mass is 16.4. The van der Waals surface area contributed by atoms with E-state index in [2.05, 4.69) is 23.1 Å². The van der Waals surface area contributed by atoms with Crippen molar-refractivity contribution in [3.05, 3.63) is 29.8 Å². The van der Waals surface area contributed by atoms with Crippen molar-refractivity contribution < 1.29 is 9.90 Å². The zero-order valence-corrected chi connectivity index (χ0v) is 12.1. The fourth-order valence-electron chi connectivity index (χ4n) is 3.80. The molecule has 3 nitrogen and oxygen atoms in total. The molecular formula is C17H23NO2. The molecule has 1 heterocycles. The van der Waals surface area contributed by atoms with Crippen LogP contribution < -0.4 is 4.90 Å². The lowest BCUT2D eigenvalue weighted by atomic mass is 9.89. The van der Waals surface area contributed by atoms with Crippen molar-refractivity contribution in [3.63, 3.8) is 0 Å². The van der Waals surface area contributed by atoms with Gasteiger partial charge in [0.15, 0.2) is 0 Å². The monoisotopic (exact) mass is 273 g/mol. The Labute approximate surface area is 120 Å². The minimum Gasteiger partial charge on any atom is -0.481 e. The van der Waals surface area contributed by atoms with Gasteiger partial charge in [-0.05, 0) is 30.4 Å². The summed E-state index contributed by atoms with van der Waals surface area (Å²) >= 11 is 0. The third-order valence-corrected chi connectivity index (χ3v) is 5.04. The van der Waals surface area contributed by atoms with Gasteiger partial charge in [0.05, 0.1) is 5.92 Å². The number of fused-ring (bicyclic) bond motifs is 1. The van der Waals surface area contributed by atoms with Gasteiger partial charge in [0.1, 0.15) is 0 Å². The van der Waals surface area contributed by atoms with Crippen LogP contribution in [0.5, 0.6) is 0 Å². The van der Waals surface area contributed by atoms with E-state index in [1.807, 2.05) is 13.0 Å². The molecule has 2 unspecified atom stereocenters. The Morgan fingerprint density at radius 1 is 1.35 bits per heavy atom. The Hall–Kier alpha value is -1.51.